The summed E-state index contributed by atoms with van der Waals surface area (Å²) in [5, 5.41) is 0. The van der Waals surface area contributed by atoms with E-state index < -0.39 is 35.6 Å². The van der Waals surface area contributed by atoms with E-state index in [1.807, 2.05) is 0 Å². The molecular weight excluding hydrogens is 433 g/mol. The summed E-state index contributed by atoms with van der Waals surface area (Å²) in [5.41, 5.74) is -1.02. The van der Waals surface area contributed by atoms with Crippen molar-refractivity contribution in [3.8, 4) is 0 Å². The summed E-state index contributed by atoms with van der Waals surface area (Å²) in [6.45, 7) is 5.31. The van der Waals surface area contributed by atoms with E-state index in [2.05, 4.69) is 0 Å². The fraction of sp³-hybridized carbons (Fsp3) is 0.857. The molecule has 1 heterocycles. The molecule has 0 bridgehead atoms. The summed E-state index contributed by atoms with van der Waals surface area (Å²) < 4.78 is 56.6. The summed E-state index contributed by atoms with van der Waals surface area (Å²) in [6.07, 6.45) is -3.12. The molecule has 1 amide bonds. The van der Waals surface area contributed by atoms with Gasteiger partial charge in [-0.3, -0.25) is 14.5 Å². The van der Waals surface area contributed by atoms with Gasteiger partial charge in [0.15, 0.2) is 0 Å². The van der Waals surface area contributed by atoms with Crippen molar-refractivity contribution < 1.29 is 41.8 Å². The molecule has 0 radical (unpaired) electrons. The smallest absolute Gasteiger partial charge is 0.469 e. The molecule has 0 spiro atoms. The van der Waals surface area contributed by atoms with Gasteiger partial charge in [0, 0.05) is 20.1 Å². The molecule has 0 aromatic carbocycles. The van der Waals surface area contributed by atoms with E-state index in [9.17, 15) is 27.6 Å². The molecule has 1 saturated heterocycles. The van der Waals surface area contributed by atoms with Crippen LogP contribution in [0.3, 0.4) is 0 Å². The number of amides is 1. The zero-order valence-electron chi connectivity index (χ0n) is 19.3. The summed E-state index contributed by atoms with van der Waals surface area (Å²) in [7, 11) is 2.21. The molecule has 184 valence electrons. The molecule has 32 heavy (non-hydrogen) atoms. The van der Waals surface area contributed by atoms with Gasteiger partial charge in [-0.25, -0.2) is 9.69 Å². The van der Waals surface area contributed by atoms with Crippen LogP contribution < -0.4 is 0 Å². The minimum Gasteiger partial charge on any atom is -0.469 e. The maximum Gasteiger partial charge on any atom is 0.471 e. The van der Waals surface area contributed by atoms with Crippen molar-refractivity contribution in [1.29, 1.82) is 0 Å². The molecule has 1 atom stereocenters. The number of likely N-dealkylation sites (tertiary alicyclic amines) is 1. The Morgan fingerprint density at radius 3 is 1.94 bits per heavy atom. The van der Waals surface area contributed by atoms with Gasteiger partial charge >= 0.3 is 29.9 Å². The Bertz CT molecular complexity index is 695. The van der Waals surface area contributed by atoms with Crippen LogP contribution in [0.2, 0.25) is 0 Å². The lowest BCUT2D eigenvalue weighted by atomic mass is 9.87. The molecular formula is C21H33F3N2O6. The first-order valence-electron chi connectivity index (χ1n) is 10.8. The number of hydrogen-bond acceptors (Lipinski definition) is 7. The third-order valence-corrected chi connectivity index (χ3v) is 5.74. The predicted octanol–water partition coefficient (Wildman–Crippen LogP) is 2.85. The second-order valence-corrected chi connectivity index (χ2v) is 9.28. The van der Waals surface area contributed by atoms with Gasteiger partial charge in [0.1, 0.15) is 5.60 Å². The molecule has 0 N–H and O–H groups in total. The highest BCUT2D eigenvalue weighted by Gasteiger charge is 2.59. The SMILES string of the molecule is COC(=O)C1CCC(OC(C(=O)OC(C)(C)C)(N2CCCC2)N(C)C(=O)C(F)(F)F)CC1. The third kappa shape index (κ3) is 5.92. The Morgan fingerprint density at radius 1 is 0.969 bits per heavy atom. The summed E-state index contributed by atoms with van der Waals surface area (Å²) in [4.78, 5) is 39.3. The van der Waals surface area contributed by atoms with Crippen molar-refractivity contribution >= 4 is 17.8 Å². The number of methoxy groups -OCH3 is 1. The van der Waals surface area contributed by atoms with E-state index in [0.29, 0.717) is 43.4 Å². The van der Waals surface area contributed by atoms with Gasteiger partial charge in [0.25, 0.3) is 0 Å². The van der Waals surface area contributed by atoms with E-state index in [1.165, 1.54) is 12.0 Å². The fourth-order valence-corrected chi connectivity index (χ4v) is 4.19. The van der Waals surface area contributed by atoms with E-state index in [1.54, 1.807) is 20.8 Å². The Balaban J connectivity index is 2.42. The van der Waals surface area contributed by atoms with Gasteiger partial charge in [-0.1, -0.05) is 0 Å². The van der Waals surface area contributed by atoms with E-state index >= 15 is 0 Å². The number of nitrogens with zero attached hydrogens (tertiary/aromatic N) is 2. The molecule has 2 fully saturated rings. The Kier molecular flexibility index (Phi) is 8.20. The molecule has 1 aliphatic carbocycles. The number of alkyl halides is 3. The van der Waals surface area contributed by atoms with Gasteiger partial charge in [0.05, 0.1) is 19.1 Å². The van der Waals surface area contributed by atoms with Gasteiger partial charge in [-0.2, -0.15) is 13.2 Å². The Hall–Kier alpha value is -1.88. The van der Waals surface area contributed by atoms with Crippen molar-refractivity contribution in [2.45, 2.75) is 83.0 Å². The highest BCUT2D eigenvalue weighted by molar-refractivity contribution is 5.89. The predicted molar refractivity (Wildman–Crippen MR) is 107 cm³/mol. The highest BCUT2D eigenvalue weighted by atomic mass is 19.4. The van der Waals surface area contributed by atoms with Crippen LogP contribution in [0.25, 0.3) is 0 Å². The van der Waals surface area contributed by atoms with Crippen LogP contribution in [0.4, 0.5) is 13.2 Å². The van der Waals surface area contributed by atoms with Gasteiger partial charge in [-0.05, 0) is 59.3 Å². The number of likely N-dealkylation sites (N-methyl/N-ethyl adjacent to an activating group) is 1. The zero-order chi connectivity index (χ0) is 24.3. The number of ether oxygens (including phenoxy) is 3. The number of rotatable bonds is 6. The molecule has 0 aromatic rings. The van der Waals surface area contributed by atoms with Gasteiger partial charge < -0.3 is 14.2 Å². The normalized spacial score (nSPS) is 24.5. The first-order chi connectivity index (χ1) is 14.7. The molecule has 1 aliphatic heterocycles. The lowest BCUT2D eigenvalue weighted by Gasteiger charge is -2.47. The van der Waals surface area contributed by atoms with Crippen LogP contribution in [-0.4, -0.2) is 78.6 Å². The van der Waals surface area contributed by atoms with Crippen molar-refractivity contribution in [3.05, 3.63) is 0 Å². The topological polar surface area (TPSA) is 85.4 Å². The molecule has 1 unspecified atom stereocenters. The molecule has 2 aliphatic rings. The van der Waals surface area contributed by atoms with Crippen LogP contribution in [0.15, 0.2) is 0 Å². The highest BCUT2D eigenvalue weighted by Crippen LogP contribution is 2.37. The van der Waals surface area contributed by atoms with Crippen molar-refractivity contribution in [2.24, 2.45) is 5.92 Å². The number of carbonyl (C=O) groups is 3. The second-order valence-electron chi connectivity index (χ2n) is 9.28. The van der Waals surface area contributed by atoms with Crippen LogP contribution >= 0.6 is 0 Å². The van der Waals surface area contributed by atoms with E-state index in [0.717, 1.165) is 7.05 Å². The molecule has 11 heteroatoms. The average Bonchev–Trinajstić information content (AvgIpc) is 3.23. The number of hydrogen-bond donors (Lipinski definition) is 0. The minimum absolute atomic E-state index is 0.270. The molecule has 8 nitrogen and oxygen atoms in total. The fourth-order valence-electron chi connectivity index (χ4n) is 4.19. The van der Waals surface area contributed by atoms with Crippen molar-refractivity contribution in [2.75, 3.05) is 27.2 Å². The summed E-state index contributed by atoms with van der Waals surface area (Å²) in [5.74, 6) is -6.32. The number of carbonyl (C=O) groups excluding carboxylic acids is 3. The molecule has 1 saturated carbocycles. The second kappa shape index (κ2) is 9.94. The Morgan fingerprint density at radius 2 is 1.50 bits per heavy atom. The quantitative estimate of drug-likeness (QED) is 0.440. The first kappa shape index (κ1) is 26.4. The molecule has 2 rings (SSSR count). The van der Waals surface area contributed by atoms with Crippen LogP contribution in [0.5, 0.6) is 0 Å². The number of esters is 2. The monoisotopic (exact) mass is 466 g/mol. The van der Waals surface area contributed by atoms with Crippen LogP contribution in [0.1, 0.15) is 59.3 Å². The lowest BCUT2D eigenvalue weighted by molar-refractivity contribution is -0.278. The summed E-state index contributed by atoms with van der Waals surface area (Å²) in [6, 6.07) is 0. The van der Waals surface area contributed by atoms with E-state index in [-0.39, 0.29) is 25.0 Å². The van der Waals surface area contributed by atoms with Crippen molar-refractivity contribution in [1.82, 2.24) is 9.80 Å². The minimum atomic E-state index is -5.20. The van der Waals surface area contributed by atoms with Crippen LogP contribution in [0, 0.1) is 5.92 Å². The van der Waals surface area contributed by atoms with Gasteiger partial charge in [-0.15, -0.1) is 0 Å². The van der Waals surface area contributed by atoms with Gasteiger partial charge in [0.2, 0.25) is 0 Å². The zero-order valence-corrected chi connectivity index (χ0v) is 19.3. The largest absolute Gasteiger partial charge is 0.471 e. The summed E-state index contributed by atoms with van der Waals surface area (Å²) >= 11 is 0. The lowest BCUT2D eigenvalue weighted by Crippen LogP contribution is -2.70. The first-order valence-corrected chi connectivity index (χ1v) is 10.8. The van der Waals surface area contributed by atoms with Crippen molar-refractivity contribution in [3.63, 3.8) is 0 Å². The average molecular weight is 466 g/mol. The standard InChI is InChI=1S/C21H33F3N2O6/c1-19(2,3)32-18(29)21(26-12-6-7-13-26,25(4)17(28)20(22,23)24)31-15-10-8-14(9-11-15)16(27)30-5/h14-15H,6-13H2,1-5H3. The van der Waals surface area contributed by atoms with Crippen LogP contribution in [-0.2, 0) is 28.6 Å². The number of halogens is 3. The maximum atomic E-state index is 13.4. The maximum absolute atomic E-state index is 13.4. The Labute approximate surface area is 186 Å². The molecule has 0 aromatic heterocycles. The third-order valence-electron chi connectivity index (χ3n) is 5.74. The van der Waals surface area contributed by atoms with E-state index in [4.69, 9.17) is 14.2 Å².